The summed E-state index contributed by atoms with van der Waals surface area (Å²) in [7, 11) is 0. The third kappa shape index (κ3) is 1.97. The Morgan fingerprint density at radius 2 is 2.09 bits per heavy atom. The second-order valence-electron chi connectivity index (χ2n) is 5.81. The molecule has 0 bridgehead atoms. The number of hydrogen-bond acceptors (Lipinski definition) is 3. The molecule has 1 saturated carbocycles. The molecule has 22 heavy (non-hydrogen) atoms. The van der Waals surface area contributed by atoms with Crippen molar-refractivity contribution in [1.29, 1.82) is 0 Å². The average molecular weight is 293 g/mol. The number of aryl methyl sites for hydroxylation is 1. The quantitative estimate of drug-likeness (QED) is 0.788. The van der Waals surface area contributed by atoms with Gasteiger partial charge in [-0.2, -0.15) is 0 Å². The van der Waals surface area contributed by atoms with Gasteiger partial charge in [-0.25, -0.2) is 4.79 Å². The lowest BCUT2D eigenvalue weighted by Crippen LogP contribution is -2.29. The normalized spacial score (nSPS) is 14.4. The number of rotatable bonds is 2. The number of aromatic nitrogens is 3. The monoisotopic (exact) mass is 293 g/mol. The van der Waals surface area contributed by atoms with Gasteiger partial charge < -0.3 is 0 Å². The molecule has 1 aliphatic rings. The van der Waals surface area contributed by atoms with Crippen molar-refractivity contribution >= 4 is 10.9 Å². The molecule has 2 heterocycles. The largest absolute Gasteiger partial charge is 0.333 e. The fourth-order valence-corrected chi connectivity index (χ4v) is 2.99. The minimum Gasteiger partial charge on any atom is -0.273 e. The van der Waals surface area contributed by atoms with E-state index >= 15 is 0 Å². The Kier molecular flexibility index (Phi) is 2.76. The summed E-state index contributed by atoms with van der Waals surface area (Å²) in [6, 6.07) is 7.62. The van der Waals surface area contributed by atoms with Gasteiger partial charge >= 0.3 is 5.69 Å². The Bertz CT molecular complexity index is 982. The van der Waals surface area contributed by atoms with Gasteiger partial charge in [-0.15, -0.1) is 0 Å². The SMILES string of the molecule is Cc1cc(C2CC2)cc2c1c(=O)[nH]c(=O)n2-c1cccnc1. The van der Waals surface area contributed by atoms with Gasteiger partial charge in [-0.1, -0.05) is 6.07 Å². The van der Waals surface area contributed by atoms with Gasteiger partial charge in [0.1, 0.15) is 0 Å². The van der Waals surface area contributed by atoms with Gasteiger partial charge in [0.25, 0.3) is 5.56 Å². The first kappa shape index (κ1) is 13.0. The van der Waals surface area contributed by atoms with Crippen molar-refractivity contribution in [1.82, 2.24) is 14.5 Å². The van der Waals surface area contributed by atoms with Crippen molar-refractivity contribution < 1.29 is 0 Å². The minimum atomic E-state index is -0.433. The standard InChI is InChI=1S/C17H15N3O2/c1-10-7-12(11-4-5-11)8-14-15(10)16(21)19-17(22)20(14)13-3-2-6-18-9-13/h2-3,6-9,11H,4-5H2,1H3,(H,19,21,22). The van der Waals surface area contributed by atoms with Crippen LogP contribution < -0.4 is 11.2 Å². The van der Waals surface area contributed by atoms with Gasteiger partial charge in [0.15, 0.2) is 0 Å². The Labute approximate surface area is 126 Å². The van der Waals surface area contributed by atoms with E-state index in [1.165, 1.54) is 23.0 Å². The predicted molar refractivity (Wildman–Crippen MR) is 84.7 cm³/mol. The lowest BCUT2D eigenvalue weighted by molar-refractivity contribution is 0.931. The van der Waals surface area contributed by atoms with E-state index in [0.717, 1.165) is 5.56 Å². The fourth-order valence-electron chi connectivity index (χ4n) is 2.99. The number of nitrogens with one attached hydrogen (secondary N) is 1. The number of benzene rings is 1. The second kappa shape index (κ2) is 4.66. The minimum absolute atomic E-state index is 0.333. The van der Waals surface area contributed by atoms with E-state index < -0.39 is 5.69 Å². The van der Waals surface area contributed by atoms with E-state index in [4.69, 9.17) is 0 Å². The summed E-state index contributed by atoms with van der Waals surface area (Å²) < 4.78 is 1.53. The molecule has 1 aromatic carbocycles. The van der Waals surface area contributed by atoms with Crippen molar-refractivity contribution in [3.8, 4) is 5.69 Å². The molecule has 0 saturated heterocycles. The molecule has 110 valence electrons. The lowest BCUT2D eigenvalue weighted by Gasteiger charge is -2.12. The molecule has 1 fully saturated rings. The van der Waals surface area contributed by atoms with E-state index in [0.29, 0.717) is 22.5 Å². The summed E-state index contributed by atoms with van der Waals surface area (Å²) in [4.78, 5) is 31.0. The van der Waals surface area contributed by atoms with Crippen LogP contribution in [0, 0.1) is 6.92 Å². The van der Waals surface area contributed by atoms with E-state index in [2.05, 4.69) is 16.0 Å². The zero-order chi connectivity index (χ0) is 15.3. The molecule has 3 aromatic rings. The van der Waals surface area contributed by atoms with Crippen molar-refractivity contribution in [3.05, 3.63) is 68.6 Å². The molecule has 0 unspecified atom stereocenters. The van der Waals surface area contributed by atoms with Crippen LogP contribution in [0.3, 0.4) is 0 Å². The van der Waals surface area contributed by atoms with Crippen LogP contribution in [0.5, 0.6) is 0 Å². The molecule has 0 spiro atoms. The van der Waals surface area contributed by atoms with Crippen molar-refractivity contribution in [3.63, 3.8) is 0 Å². The molecule has 0 aliphatic heterocycles. The second-order valence-corrected chi connectivity index (χ2v) is 5.81. The predicted octanol–water partition coefficient (Wildman–Crippen LogP) is 2.26. The zero-order valence-electron chi connectivity index (χ0n) is 12.2. The number of fused-ring (bicyclic) bond motifs is 1. The smallest absolute Gasteiger partial charge is 0.273 e. The van der Waals surface area contributed by atoms with Crippen LogP contribution in [-0.2, 0) is 0 Å². The molecule has 0 amide bonds. The Hall–Kier alpha value is -2.69. The van der Waals surface area contributed by atoms with Gasteiger partial charge in [-0.05, 0) is 55.0 Å². The molecule has 4 rings (SSSR count). The molecule has 0 radical (unpaired) electrons. The van der Waals surface area contributed by atoms with Crippen molar-refractivity contribution in [2.45, 2.75) is 25.7 Å². The summed E-state index contributed by atoms with van der Waals surface area (Å²) in [5.41, 5.74) is 2.65. The highest BCUT2D eigenvalue weighted by Crippen LogP contribution is 2.41. The van der Waals surface area contributed by atoms with Gasteiger partial charge in [-0.3, -0.25) is 19.3 Å². The third-order valence-corrected chi connectivity index (χ3v) is 4.18. The van der Waals surface area contributed by atoms with Gasteiger partial charge in [0.2, 0.25) is 0 Å². The van der Waals surface area contributed by atoms with E-state index in [-0.39, 0.29) is 5.56 Å². The lowest BCUT2D eigenvalue weighted by atomic mass is 10.0. The molecular weight excluding hydrogens is 278 g/mol. The summed E-state index contributed by atoms with van der Waals surface area (Å²) in [5.74, 6) is 0.555. The highest BCUT2D eigenvalue weighted by Gasteiger charge is 2.25. The summed E-state index contributed by atoms with van der Waals surface area (Å²) in [6.45, 7) is 1.92. The Morgan fingerprint density at radius 3 is 2.77 bits per heavy atom. The van der Waals surface area contributed by atoms with Crippen molar-refractivity contribution in [2.24, 2.45) is 0 Å². The Balaban J connectivity index is 2.15. The van der Waals surface area contributed by atoms with Crippen LogP contribution in [0.4, 0.5) is 0 Å². The number of hydrogen-bond donors (Lipinski definition) is 1. The number of aromatic amines is 1. The topological polar surface area (TPSA) is 67.8 Å². The van der Waals surface area contributed by atoms with E-state index in [1.54, 1.807) is 18.5 Å². The number of H-pyrrole nitrogens is 1. The van der Waals surface area contributed by atoms with E-state index in [9.17, 15) is 9.59 Å². The van der Waals surface area contributed by atoms with Crippen molar-refractivity contribution in [2.75, 3.05) is 0 Å². The molecule has 2 aromatic heterocycles. The molecule has 0 atom stereocenters. The molecular formula is C17H15N3O2. The van der Waals surface area contributed by atoms with Crippen LogP contribution in [0.15, 0.2) is 46.2 Å². The van der Waals surface area contributed by atoms with Crippen LogP contribution >= 0.6 is 0 Å². The van der Waals surface area contributed by atoms with Crippen LogP contribution in [0.2, 0.25) is 0 Å². The Morgan fingerprint density at radius 1 is 1.27 bits per heavy atom. The van der Waals surface area contributed by atoms with Crippen LogP contribution in [0.1, 0.15) is 29.9 Å². The molecule has 1 N–H and O–H groups in total. The van der Waals surface area contributed by atoms with Crippen LogP contribution in [-0.4, -0.2) is 14.5 Å². The zero-order valence-corrected chi connectivity index (χ0v) is 12.2. The molecule has 1 aliphatic carbocycles. The maximum Gasteiger partial charge on any atom is 0.333 e. The maximum atomic E-state index is 12.3. The first-order valence-electron chi connectivity index (χ1n) is 7.35. The summed E-state index contributed by atoms with van der Waals surface area (Å²) >= 11 is 0. The maximum absolute atomic E-state index is 12.3. The van der Waals surface area contributed by atoms with E-state index in [1.807, 2.05) is 19.1 Å². The molecule has 5 nitrogen and oxygen atoms in total. The third-order valence-electron chi connectivity index (χ3n) is 4.18. The number of nitrogens with zero attached hydrogens (tertiary/aromatic N) is 2. The molecule has 5 heteroatoms. The summed E-state index contributed by atoms with van der Waals surface area (Å²) in [6.07, 6.45) is 5.62. The van der Waals surface area contributed by atoms with Gasteiger partial charge in [0.05, 0.1) is 22.8 Å². The highest BCUT2D eigenvalue weighted by atomic mass is 16.2. The first-order chi connectivity index (χ1) is 10.6. The summed E-state index contributed by atoms with van der Waals surface area (Å²) in [5, 5.41) is 0.563. The first-order valence-corrected chi connectivity index (χ1v) is 7.35. The fraction of sp³-hybridized carbons (Fsp3) is 0.235. The average Bonchev–Trinajstić information content (AvgIpc) is 3.32. The highest BCUT2D eigenvalue weighted by molar-refractivity contribution is 5.84. The van der Waals surface area contributed by atoms with Gasteiger partial charge in [0, 0.05) is 6.20 Å². The van der Waals surface area contributed by atoms with Crippen LogP contribution in [0.25, 0.3) is 16.6 Å². The number of pyridine rings is 1.